The van der Waals surface area contributed by atoms with Crippen molar-refractivity contribution in [2.75, 3.05) is 160 Å². The number of fused-ring (bicyclic) bond motifs is 33. The first-order chi connectivity index (χ1) is 57.6. The van der Waals surface area contributed by atoms with Gasteiger partial charge in [0.15, 0.2) is 92.0 Å². The minimum Gasteiger partial charge on any atom is -0.493 e. The van der Waals surface area contributed by atoms with Gasteiger partial charge >= 0.3 is 0 Å². The average molecular weight is 1600 g/mol. The van der Waals surface area contributed by atoms with Crippen LogP contribution in [0, 0.1) is 0 Å². The van der Waals surface area contributed by atoms with Gasteiger partial charge in [0.05, 0.1) is 131 Å². The molecule has 600 valence electrons. The number of nitrogens with one attached hydrogen (secondary N) is 1. The van der Waals surface area contributed by atoms with Crippen LogP contribution in [-0.2, 0) is 25.5 Å². The van der Waals surface area contributed by atoms with Crippen LogP contribution in [0.3, 0.4) is 0 Å². The van der Waals surface area contributed by atoms with Gasteiger partial charge in [-0.05, 0) is 80.3 Å². The van der Waals surface area contributed by atoms with Gasteiger partial charge in [-0.15, -0.1) is 0 Å². The maximum Gasteiger partial charge on any atom is 0.285 e. The summed E-state index contributed by atoms with van der Waals surface area (Å²) in [5.74, 6) is 11.8. The molecule has 2 N–H and O–H groups in total. The van der Waals surface area contributed by atoms with E-state index < -0.39 is 5.85 Å². The zero-order valence-electron chi connectivity index (χ0n) is 66.8. The fourth-order valence-corrected chi connectivity index (χ4v) is 18.0. The number of anilines is 3. The van der Waals surface area contributed by atoms with Crippen molar-refractivity contribution in [2.24, 2.45) is 0 Å². The Labute approximate surface area is 673 Å². The number of likely N-dealkylation sites (N-methyl/N-ethyl adjacent to an activating group) is 4. The molecule has 1 saturated heterocycles. The summed E-state index contributed by atoms with van der Waals surface area (Å²) >= 11 is 0. The van der Waals surface area contributed by atoms with Gasteiger partial charge in [0.1, 0.15) is 37.2 Å². The molecule has 15 aromatic rings. The molecule has 7 aromatic heterocycles. The Morgan fingerprint density at radius 2 is 0.763 bits per heavy atom. The number of benzene rings is 8. The SMILES string of the molecule is CNCCn1c(=O)c2cc(OC)c(OC)cc2c2cnc3cc4c(cc3c21)OCO4.COc1cc2c(cc1OC)C1(O)N(C)CCN1c1c-2cnc2cc3c(cc12)OCO3.COc1cc2c3[n+](c4c5cc6c(cc5ncc4c2cc1OC)OCO6)CCN3C.COc1cc2c3[n+](c4c5cc6c(cc5ncc4c2cc1OC)OCO6)CCN3C. The number of methoxy groups -OCH3 is 8. The smallest absolute Gasteiger partial charge is 0.285 e. The normalized spacial score (nSPS) is 16.0. The topological polar surface area (TPSA) is 274 Å². The zero-order chi connectivity index (χ0) is 80.8. The Kier molecular flexibility index (Phi) is 17.6. The Morgan fingerprint density at radius 1 is 0.398 bits per heavy atom. The number of ether oxygens (including phenoxy) is 16. The van der Waals surface area contributed by atoms with Crippen molar-refractivity contribution >= 4 is 126 Å². The highest BCUT2D eigenvalue weighted by molar-refractivity contribution is 6.19. The maximum atomic E-state index is 13.6. The quantitative estimate of drug-likeness (QED) is 0.0899. The molecule has 0 amide bonds. The molecule has 1 unspecified atom stereocenters. The molecular weight excluding hydrogens is 1510 g/mol. The van der Waals surface area contributed by atoms with Crippen molar-refractivity contribution in [1.82, 2.24) is 34.7 Å². The summed E-state index contributed by atoms with van der Waals surface area (Å²) in [7, 11) is 21.0. The summed E-state index contributed by atoms with van der Waals surface area (Å²) in [6.07, 6.45) is 7.53. The minimum absolute atomic E-state index is 0.0983. The van der Waals surface area contributed by atoms with E-state index in [9.17, 15) is 9.90 Å². The second-order valence-corrected chi connectivity index (χ2v) is 29.5. The molecule has 0 radical (unpaired) electrons. The van der Waals surface area contributed by atoms with Crippen LogP contribution in [0.4, 0.5) is 17.3 Å². The molecule has 8 aliphatic heterocycles. The summed E-state index contributed by atoms with van der Waals surface area (Å²) in [4.78, 5) is 40.9. The third-order valence-corrected chi connectivity index (χ3v) is 23.7. The second-order valence-electron chi connectivity index (χ2n) is 29.5. The lowest BCUT2D eigenvalue weighted by Gasteiger charge is -2.44. The molecule has 1 atom stereocenters. The summed E-state index contributed by atoms with van der Waals surface area (Å²) in [5, 5.41) is 27.7. The van der Waals surface area contributed by atoms with Crippen molar-refractivity contribution in [3.05, 3.63) is 138 Å². The number of aliphatic hydroxyl groups is 1. The number of aromatic nitrogens is 7. The highest BCUT2D eigenvalue weighted by Gasteiger charge is 2.52. The lowest BCUT2D eigenvalue weighted by Crippen LogP contribution is -2.51. The molecule has 15 heterocycles. The Hall–Kier alpha value is -13.7. The van der Waals surface area contributed by atoms with Crippen LogP contribution in [-0.4, -0.2) is 179 Å². The number of hydrogen-bond donors (Lipinski definition) is 2. The first-order valence-electron chi connectivity index (χ1n) is 38.5. The lowest BCUT2D eigenvalue weighted by molar-refractivity contribution is -0.642. The predicted molar refractivity (Wildman–Crippen MR) is 443 cm³/mol. The van der Waals surface area contributed by atoms with Crippen LogP contribution in [0.2, 0.25) is 0 Å². The first kappa shape index (κ1) is 73.2. The summed E-state index contributed by atoms with van der Waals surface area (Å²) in [6.45, 7) is 7.08. The summed E-state index contributed by atoms with van der Waals surface area (Å²) in [6, 6.07) is 31.2. The number of pyridine rings is 7. The van der Waals surface area contributed by atoms with Gasteiger partial charge in [-0.3, -0.25) is 39.4 Å². The molecule has 30 nitrogen and oxygen atoms in total. The molecule has 0 saturated carbocycles. The predicted octanol–water partition coefficient (Wildman–Crippen LogP) is 11.2. The van der Waals surface area contributed by atoms with Gasteiger partial charge in [-0.2, -0.15) is 0 Å². The Balaban J connectivity index is 0.000000101. The van der Waals surface area contributed by atoms with E-state index in [1.807, 2.05) is 121 Å². The van der Waals surface area contributed by atoms with E-state index in [-0.39, 0.29) is 32.7 Å². The van der Waals surface area contributed by atoms with Crippen LogP contribution in [0.25, 0.3) is 120 Å². The highest BCUT2D eigenvalue weighted by atomic mass is 16.7. The van der Waals surface area contributed by atoms with Crippen molar-refractivity contribution in [1.29, 1.82) is 0 Å². The van der Waals surface area contributed by atoms with Crippen LogP contribution in [0.1, 0.15) is 5.56 Å². The van der Waals surface area contributed by atoms with E-state index in [1.54, 1.807) is 73.7 Å². The largest absolute Gasteiger partial charge is 0.493 e. The van der Waals surface area contributed by atoms with Crippen LogP contribution < -0.4 is 110 Å². The van der Waals surface area contributed by atoms with Gasteiger partial charge < -0.3 is 95.7 Å². The average Bonchev–Trinajstić information content (AvgIpc) is 1.35. The minimum atomic E-state index is -1.31. The molecular formula is C88H82N12O18+2. The van der Waals surface area contributed by atoms with Crippen LogP contribution >= 0.6 is 0 Å². The Morgan fingerprint density at radius 3 is 1.21 bits per heavy atom. The van der Waals surface area contributed by atoms with E-state index in [0.717, 1.165) is 186 Å². The standard InChI is InChI=1S/2C22H21N3O5.2C22H20N3O4/c1-24-4-5-25-21-13-7-19-20(30-11-29-19)9-16(13)23-10-14(21)12-6-17(27-2)18(28-3)8-15(12)22(24,25)26;1-23-4-5-25-21-14-8-19-20(30-11-29-19)9-16(14)24-10-15(21)12-6-17(27-2)18(28-3)7-13(12)22(25)26;2*1-24-4-5-25-21-14-8-19-20(29-11-28-19)9-16(14)23-10-15(21)12-6-17(26-2)18(27-3)7-13(12)22(24)25/h6-10,26H,4-5,11H2,1-3H3;6-10,23H,4-5,11H2,1-3H3;2*6-10H,4-5,11H2,1-3H3/q;;2*+1. The van der Waals surface area contributed by atoms with E-state index in [1.165, 1.54) is 11.6 Å². The van der Waals surface area contributed by atoms with Crippen LogP contribution in [0.5, 0.6) is 92.0 Å². The zero-order valence-corrected chi connectivity index (χ0v) is 66.8. The van der Waals surface area contributed by atoms with Gasteiger partial charge in [0.25, 0.3) is 17.2 Å². The molecule has 23 rings (SSSR count). The van der Waals surface area contributed by atoms with Gasteiger partial charge in [0, 0.05) is 142 Å². The van der Waals surface area contributed by atoms with Gasteiger partial charge in [-0.1, -0.05) is 0 Å². The van der Waals surface area contributed by atoms with Gasteiger partial charge in [0.2, 0.25) is 33.0 Å². The van der Waals surface area contributed by atoms with Crippen molar-refractivity contribution in [3.63, 3.8) is 0 Å². The molecule has 8 aromatic carbocycles. The maximum absolute atomic E-state index is 13.6. The van der Waals surface area contributed by atoms with Crippen LogP contribution in [0.15, 0.2) is 127 Å². The molecule has 0 aliphatic carbocycles. The third kappa shape index (κ3) is 11.1. The Bertz CT molecular complexity index is 6660. The molecule has 118 heavy (non-hydrogen) atoms. The number of nitrogens with zero attached hydrogens (tertiary/aromatic N) is 11. The first-order valence-corrected chi connectivity index (χ1v) is 38.5. The fourth-order valence-electron chi connectivity index (χ4n) is 18.0. The van der Waals surface area contributed by atoms with Crippen molar-refractivity contribution < 1.29 is 90.0 Å². The molecule has 8 aliphatic rings. The van der Waals surface area contributed by atoms with Crippen molar-refractivity contribution in [3.8, 4) is 103 Å². The van der Waals surface area contributed by atoms with Gasteiger partial charge in [-0.25, -0.2) is 9.13 Å². The molecule has 0 spiro atoms. The molecule has 1 fully saturated rings. The second kappa shape index (κ2) is 28.3. The lowest BCUT2D eigenvalue weighted by atomic mass is 9.88. The summed E-state index contributed by atoms with van der Waals surface area (Å²) < 4.78 is 95.4. The van der Waals surface area contributed by atoms with E-state index >= 15 is 0 Å². The van der Waals surface area contributed by atoms with E-state index in [2.05, 4.69) is 55.5 Å². The van der Waals surface area contributed by atoms with E-state index in [0.29, 0.717) is 89.1 Å². The fraction of sp³-hybridized carbons (Fsp3) is 0.284. The highest BCUT2D eigenvalue weighted by Crippen LogP contribution is 2.56. The van der Waals surface area contributed by atoms with E-state index in [4.69, 9.17) is 90.7 Å². The monoisotopic (exact) mass is 1590 g/mol. The summed E-state index contributed by atoms with van der Waals surface area (Å²) in [5.41, 5.74) is 9.77. The number of hydrogen-bond acceptors (Lipinski definition) is 27. The van der Waals surface area contributed by atoms with Crippen molar-refractivity contribution in [2.45, 2.75) is 25.5 Å². The molecule has 30 heteroatoms. The number of rotatable bonds is 11. The molecule has 0 bridgehead atoms. The third-order valence-electron chi connectivity index (χ3n) is 23.7.